The summed E-state index contributed by atoms with van der Waals surface area (Å²) in [5.41, 5.74) is 7.36. The molecule has 0 unspecified atom stereocenters. The first-order chi connectivity index (χ1) is 15.9. The fraction of sp³-hybridized carbons (Fsp3) is 0.320. The Bertz CT molecular complexity index is 1160. The monoisotopic (exact) mass is 449 g/mol. The second-order valence-corrected chi connectivity index (χ2v) is 8.20. The number of anilines is 1. The summed E-state index contributed by atoms with van der Waals surface area (Å²) in [5.74, 6) is -0.0620. The maximum Gasteiger partial charge on any atom is 0.339 e. The lowest BCUT2D eigenvalue weighted by Gasteiger charge is -2.30. The van der Waals surface area contributed by atoms with Crippen molar-refractivity contribution in [2.45, 2.75) is 44.8 Å². The number of aromatic nitrogens is 1. The molecule has 2 aromatic carbocycles. The summed E-state index contributed by atoms with van der Waals surface area (Å²) >= 11 is 0. The van der Waals surface area contributed by atoms with E-state index in [1.807, 2.05) is 36.4 Å². The summed E-state index contributed by atoms with van der Waals surface area (Å²) in [6.45, 7) is 1.61. The third-order valence-electron chi connectivity index (χ3n) is 5.85. The van der Waals surface area contributed by atoms with Gasteiger partial charge in [-0.2, -0.15) is 0 Å². The zero-order valence-electron chi connectivity index (χ0n) is 18.4. The van der Waals surface area contributed by atoms with E-state index in [4.69, 9.17) is 15.2 Å². The highest BCUT2D eigenvalue weighted by Gasteiger charge is 2.25. The highest BCUT2D eigenvalue weighted by Crippen LogP contribution is 2.35. The molecule has 3 aromatic rings. The number of carbonyl (C=O) groups excluding carboxylic acids is 1. The van der Waals surface area contributed by atoms with Crippen LogP contribution in [0.1, 0.15) is 41.7 Å². The van der Waals surface area contributed by atoms with Gasteiger partial charge in [0.25, 0.3) is 5.91 Å². The number of rotatable bonds is 7. The van der Waals surface area contributed by atoms with Crippen LogP contribution in [-0.4, -0.2) is 40.7 Å². The molecule has 0 radical (unpaired) electrons. The topological polar surface area (TPSA) is 124 Å². The van der Waals surface area contributed by atoms with Gasteiger partial charge in [0.05, 0.1) is 28.4 Å². The van der Waals surface area contributed by atoms with Gasteiger partial charge < -0.3 is 25.6 Å². The molecule has 4 N–H and O–H groups in total. The predicted octanol–water partition coefficient (Wildman–Crippen LogP) is 3.71. The molecule has 0 saturated heterocycles. The quantitative estimate of drug-likeness (QED) is 0.502. The Balaban J connectivity index is 1.36. The van der Waals surface area contributed by atoms with E-state index in [1.165, 1.54) is 0 Å². The van der Waals surface area contributed by atoms with Gasteiger partial charge in [-0.1, -0.05) is 24.3 Å². The largest absolute Gasteiger partial charge is 0.490 e. The predicted molar refractivity (Wildman–Crippen MR) is 125 cm³/mol. The summed E-state index contributed by atoms with van der Waals surface area (Å²) in [7, 11) is 0. The number of aromatic carboxylic acids is 1. The number of ether oxygens (including phenoxy) is 2. The zero-order valence-corrected chi connectivity index (χ0v) is 18.4. The molecular formula is C25H27N3O5. The Morgan fingerprint density at radius 3 is 2.52 bits per heavy atom. The third-order valence-corrected chi connectivity index (χ3v) is 5.85. The first-order valence-corrected chi connectivity index (χ1v) is 11.0. The Labute approximate surface area is 191 Å². The Morgan fingerprint density at radius 2 is 1.82 bits per heavy atom. The van der Waals surface area contributed by atoms with Crippen LogP contribution in [0.15, 0.2) is 48.5 Å². The van der Waals surface area contributed by atoms with E-state index in [-0.39, 0.29) is 35.9 Å². The molecule has 4 rings (SSSR count). The van der Waals surface area contributed by atoms with Crippen molar-refractivity contribution in [3.63, 3.8) is 0 Å². The number of nitrogens with zero attached hydrogens (tertiary/aromatic N) is 1. The first kappa shape index (κ1) is 22.4. The lowest BCUT2D eigenvalue weighted by Crippen LogP contribution is -2.41. The smallest absolute Gasteiger partial charge is 0.339 e. The van der Waals surface area contributed by atoms with Crippen molar-refractivity contribution in [2.75, 3.05) is 12.3 Å². The van der Waals surface area contributed by atoms with Crippen molar-refractivity contribution >= 4 is 28.5 Å². The van der Waals surface area contributed by atoms with Gasteiger partial charge in [0, 0.05) is 6.04 Å². The summed E-state index contributed by atoms with van der Waals surface area (Å²) < 4.78 is 11.7. The van der Waals surface area contributed by atoms with Gasteiger partial charge in [-0.15, -0.1) is 0 Å². The second-order valence-electron chi connectivity index (χ2n) is 8.20. The van der Waals surface area contributed by atoms with Crippen LogP contribution >= 0.6 is 0 Å². The van der Waals surface area contributed by atoms with E-state index in [1.54, 1.807) is 19.1 Å². The molecule has 1 heterocycles. The average molecular weight is 450 g/mol. The molecule has 1 aliphatic carbocycles. The number of carbonyl (C=O) groups is 2. The number of benzene rings is 2. The lowest BCUT2D eigenvalue weighted by atomic mass is 9.93. The van der Waals surface area contributed by atoms with Crippen molar-refractivity contribution in [1.82, 2.24) is 10.3 Å². The molecule has 8 nitrogen and oxygen atoms in total. The number of nitrogens with two attached hydrogens (primary N) is 1. The number of carboxylic acids is 1. The molecule has 1 saturated carbocycles. The summed E-state index contributed by atoms with van der Waals surface area (Å²) in [6, 6.07) is 14.7. The van der Waals surface area contributed by atoms with E-state index in [2.05, 4.69) is 10.3 Å². The van der Waals surface area contributed by atoms with Crippen molar-refractivity contribution in [2.24, 2.45) is 0 Å². The summed E-state index contributed by atoms with van der Waals surface area (Å²) in [4.78, 5) is 28.2. The maximum absolute atomic E-state index is 12.2. The summed E-state index contributed by atoms with van der Waals surface area (Å²) in [5, 5.41) is 13.1. The molecule has 0 atom stereocenters. The van der Waals surface area contributed by atoms with Crippen LogP contribution in [0.3, 0.4) is 0 Å². The second kappa shape index (κ2) is 9.77. The highest BCUT2D eigenvalue weighted by molar-refractivity contribution is 6.06. The minimum absolute atomic E-state index is 0.00249. The van der Waals surface area contributed by atoms with Gasteiger partial charge in [-0.3, -0.25) is 9.78 Å². The Morgan fingerprint density at radius 1 is 1.09 bits per heavy atom. The number of amides is 1. The van der Waals surface area contributed by atoms with Crippen molar-refractivity contribution in [3.8, 4) is 11.5 Å². The number of hydrogen-bond donors (Lipinski definition) is 3. The average Bonchev–Trinajstić information content (AvgIpc) is 2.79. The highest BCUT2D eigenvalue weighted by atomic mass is 16.5. The molecule has 0 bridgehead atoms. The van der Waals surface area contributed by atoms with Crippen molar-refractivity contribution < 1.29 is 24.2 Å². The number of hydrogen-bond acceptors (Lipinski definition) is 6. The molecule has 172 valence electrons. The van der Waals surface area contributed by atoms with Crippen LogP contribution in [0.5, 0.6) is 11.5 Å². The molecular weight excluding hydrogens is 422 g/mol. The van der Waals surface area contributed by atoms with Gasteiger partial charge in [0.15, 0.2) is 6.61 Å². The number of nitrogens with one attached hydrogen (secondary N) is 1. The number of fused-ring (bicyclic) bond motifs is 1. The molecule has 33 heavy (non-hydrogen) atoms. The van der Waals surface area contributed by atoms with Crippen LogP contribution in [0.25, 0.3) is 10.9 Å². The molecule has 1 aliphatic rings. The normalized spacial score (nSPS) is 18.0. The Hall–Kier alpha value is -3.81. The van der Waals surface area contributed by atoms with Crippen molar-refractivity contribution in [1.29, 1.82) is 0 Å². The van der Waals surface area contributed by atoms with E-state index >= 15 is 0 Å². The number of aryl methyl sites for hydroxylation is 1. The minimum Gasteiger partial charge on any atom is -0.490 e. The lowest BCUT2D eigenvalue weighted by molar-refractivity contribution is -0.124. The Kier molecular flexibility index (Phi) is 6.63. The van der Waals surface area contributed by atoms with Crippen LogP contribution in [0.4, 0.5) is 5.69 Å². The minimum atomic E-state index is -1.11. The van der Waals surface area contributed by atoms with Gasteiger partial charge in [-0.05, 0) is 56.9 Å². The fourth-order valence-corrected chi connectivity index (χ4v) is 4.25. The molecule has 0 aliphatic heterocycles. The maximum atomic E-state index is 12.2. The molecule has 8 heteroatoms. The van der Waals surface area contributed by atoms with E-state index in [9.17, 15) is 14.7 Å². The van der Waals surface area contributed by atoms with Gasteiger partial charge in [0.1, 0.15) is 17.1 Å². The van der Waals surface area contributed by atoms with Gasteiger partial charge in [-0.25, -0.2) is 4.79 Å². The van der Waals surface area contributed by atoms with Gasteiger partial charge >= 0.3 is 5.97 Å². The van der Waals surface area contributed by atoms with E-state index < -0.39 is 5.97 Å². The number of para-hydroxylation sites is 1. The van der Waals surface area contributed by atoms with Crippen LogP contribution in [0.2, 0.25) is 0 Å². The molecule has 1 fully saturated rings. The number of nitrogen functional groups attached to an aromatic ring is 1. The SMILES string of the molecule is Cc1nc2cccc(OC3CCC(NC(=O)COc4ccccc4)CC3)c2c(N)c1C(=O)O. The molecule has 1 amide bonds. The first-order valence-electron chi connectivity index (χ1n) is 11.0. The molecule has 0 spiro atoms. The van der Waals surface area contributed by atoms with E-state index in [0.29, 0.717) is 28.1 Å². The zero-order chi connectivity index (χ0) is 23.4. The number of pyridine rings is 1. The fourth-order valence-electron chi connectivity index (χ4n) is 4.25. The van der Waals surface area contributed by atoms with E-state index in [0.717, 1.165) is 25.7 Å². The van der Waals surface area contributed by atoms with Gasteiger partial charge in [0.2, 0.25) is 0 Å². The van der Waals surface area contributed by atoms with Crippen molar-refractivity contribution in [3.05, 3.63) is 59.8 Å². The third kappa shape index (κ3) is 5.16. The standard InChI is InChI=1S/C25H27N3O5/c1-15-22(25(30)31)24(26)23-19(27-15)8-5-9-20(23)33-18-12-10-16(11-13-18)28-21(29)14-32-17-6-3-2-4-7-17/h2-9,16,18H,10-14H2,1H3,(H2,26,27)(H,28,29)(H,30,31). The molecule has 1 aromatic heterocycles. The summed E-state index contributed by atoms with van der Waals surface area (Å²) in [6.07, 6.45) is 3.01. The van der Waals surface area contributed by atoms with Crippen LogP contribution in [0, 0.1) is 6.92 Å². The van der Waals surface area contributed by atoms with Crippen LogP contribution < -0.4 is 20.5 Å². The van der Waals surface area contributed by atoms with Crippen LogP contribution in [-0.2, 0) is 4.79 Å². The number of carboxylic acid groups (broad SMARTS) is 1.